The van der Waals surface area contributed by atoms with Gasteiger partial charge in [-0.2, -0.15) is 15.0 Å². The fourth-order valence-corrected chi connectivity index (χ4v) is 4.51. The molecule has 1 saturated carbocycles. The van der Waals surface area contributed by atoms with E-state index < -0.39 is 0 Å². The van der Waals surface area contributed by atoms with Crippen molar-refractivity contribution >= 4 is 17.8 Å². The summed E-state index contributed by atoms with van der Waals surface area (Å²) in [5, 5.41) is 3.03. The first kappa shape index (κ1) is 20.3. The molecule has 0 atom stereocenters. The van der Waals surface area contributed by atoms with E-state index in [9.17, 15) is 4.79 Å². The topological polar surface area (TPSA) is 83.5 Å². The zero-order valence-electron chi connectivity index (χ0n) is 17.4. The molecule has 3 heterocycles. The molecule has 0 radical (unpaired) electrons. The second-order valence-electron chi connectivity index (χ2n) is 8.46. The van der Waals surface area contributed by atoms with Gasteiger partial charge < -0.3 is 19.9 Å². The maximum Gasteiger partial charge on any atom is 0.230 e. The Morgan fingerprint density at radius 3 is 2.24 bits per heavy atom. The largest absolute Gasteiger partial charge is 0.378 e. The molecule has 0 bridgehead atoms. The van der Waals surface area contributed by atoms with Crippen molar-refractivity contribution in [1.29, 1.82) is 0 Å². The van der Waals surface area contributed by atoms with Crippen molar-refractivity contribution in [3.05, 3.63) is 5.82 Å². The van der Waals surface area contributed by atoms with Gasteiger partial charge in [-0.25, -0.2) is 0 Å². The van der Waals surface area contributed by atoms with Gasteiger partial charge in [-0.05, 0) is 25.2 Å². The molecule has 0 spiro atoms. The van der Waals surface area contributed by atoms with Crippen LogP contribution in [-0.4, -0.2) is 60.3 Å². The van der Waals surface area contributed by atoms with Crippen molar-refractivity contribution in [2.75, 3.05) is 49.2 Å². The van der Waals surface area contributed by atoms with Crippen LogP contribution in [0.15, 0.2) is 0 Å². The third-order valence-corrected chi connectivity index (χ3v) is 6.29. The Balaban J connectivity index is 1.37. The lowest BCUT2D eigenvalue weighted by Crippen LogP contribution is -2.38. The standard InChI is InChI=1S/C21H34N6O2/c28-19(9-8-17-6-2-1-3-7-17)22-16-18-23-20(26-10-4-5-11-26)25-21(24-18)27-12-14-29-15-13-27/h17H,1-16H2,(H,22,28). The number of morpholine rings is 1. The Hall–Kier alpha value is -1.96. The lowest BCUT2D eigenvalue weighted by atomic mass is 9.86. The van der Waals surface area contributed by atoms with Gasteiger partial charge in [0.25, 0.3) is 0 Å². The lowest BCUT2D eigenvalue weighted by molar-refractivity contribution is -0.121. The van der Waals surface area contributed by atoms with E-state index in [4.69, 9.17) is 9.72 Å². The number of nitrogens with zero attached hydrogens (tertiary/aromatic N) is 5. The average molecular weight is 403 g/mol. The SMILES string of the molecule is O=C(CCC1CCCCC1)NCc1nc(N2CCCC2)nc(N2CCOCC2)n1. The van der Waals surface area contributed by atoms with E-state index in [1.807, 2.05) is 0 Å². The molecule has 0 aromatic carbocycles. The number of nitrogens with one attached hydrogen (secondary N) is 1. The predicted octanol–water partition coefficient (Wildman–Crippen LogP) is 2.29. The molecule has 29 heavy (non-hydrogen) atoms. The van der Waals surface area contributed by atoms with Crippen molar-refractivity contribution < 1.29 is 9.53 Å². The molecular weight excluding hydrogens is 368 g/mol. The number of amides is 1. The highest BCUT2D eigenvalue weighted by Gasteiger charge is 2.21. The quantitative estimate of drug-likeness (QED) is 0.749. The van der Waals surface area contributed by atoms with Gasteiger partial charge in [-0.3, -0.25) is 4.79 Å². The lowest BCUT2D eigenvalue weighted by Gasteiger charge is -2.28. The number of rotatable bonds is 7. The average Bonchev–Trinajstić information content (AvgIpc) is 3.32. The van der Waals surface area contributed by atoms with Gasteiger partial charge in [0.1, 0.15) is 0 Å². The van der Waals surface area contributed by atoms with Gasteiger partial charge in [0.2, 0.25) is 17.8 Å². The van der Waals surface area contributed by atoms with Crippen LogP contribution < -0.4 is 15.1 Å². The highest BCUT2D eigenvalue weighted by molar-refractivity contribution is 5.75. The van der Waals surface area contributed by atoms with E-state index in [0.717, 1.165) is 44.5 Å². The van der Waals surface area contributed by atoms with Gasteiger partial charge in [0, 0.05) is 32.6 Å². The van der Waals surface area contributed by atoms with Crippen LogP contribution in [0.2, 0.25) is 0 Å². The number of anilines is 2. The molecule has 1 aliphatic carbocycles. The molecule has 3 fully saturated rings. The van der Waals surface area contributed by atoms with Crippen LogP contribution in [0.5, 0.6) is 0 Å². The summed E-state index contributed by atoms with van der Waals surface area (Å²) in [6.07, 6.45) is 10.5. The van der Waals surface area contributed by atoms with Crippen LogP contribution in [0.1, 0.15) is 63.6 Å². The summed E-state index contributed by atoms with van der Waals surface area (Å²) < 4.78 is 5.46. The molecule has 4 rings (SSSR count). The van der Waals surface area contributed by atoms with Crippen LogP contribution in [-0.2, 0) is 16.1 Å². The van der Waals surface area contributed by atoms with E-state index >= 15 is 0 Å². The fraction of sp³-hybridized carbons (Fsp3) is 0.810. The maximum absolute atomic E-state index is 12.4. The molecular formula is C21H34N6O2. The number of aromatic nitrogens is 3. The summed E-state index contributed by atoms with van der Waals surface area (Å²) in [6, 6.07) is 0. The van der Waals surface area contributed by atoms with Crippen LogP contribution in [0.4, 0.5) is 11.9 Å². The van der Waals surface area contributed by atoms with Crippen molar-refractivity contribution in [1.82, 2.24) is 20.3 Å². The monoisotopic (exact) mass is 402 g/mol. The summed E-state index contributed by atoms with van der Waals surface area (Å²) in [5.41, 5.74) is 0. The minimum absolute atomic E-state index is 0.103. The van der Waals surface area contributed by atoms with E-state index in [1.165, 1.54) is 44.9 Å². The number of hydrogen-bond donors (Lipinski definition) is 1. The van der Waals surface area contributed by atoms with Crippen LogP contribution in [0.25, 0.3) is 0 Å². The minimum atomic E-state index is 0.103. The first-order valence-corrected chi connectivity index (χ1v) is 11.4. The summed E-state index contributed by atoms with van der Waals surface area (Å²) in [4.78, 5) is 30.8. The van der Waals surface area contributed by atoms with E-state index in [2.05, 4.69) is 25.1 Å². The van der Waals surface area contributed by atoms with Gasteiger partial charge in [-0.1, -0.05) is 32.1 Å². The Morgan fingerprint density at radius 1 is 0.897 bits per heavy atom. The summed E-state index contributed by atoms with van der Waals surface area (Å²) in [6.45, 7) is 5.30. The van der Waals surface area contributed by atoms with Gasteiger partial charge in [0.05, 0.1) is 19.8 Å². The molecule has 160 valence electrons. The highest BCUT2D eigenvalue weighted by atomic mass is 16.5. The van der Waals surface area contributed by atoms with Gasteiger partial charge >= 0.3 is 0 Å². The molecule has 2 aliphatic heterocycles. The predicted molar refractivity (Wildman–Crippen MR) is 112 cm³/mol. The normalized spacial score (nSPS) is 20.8. The number of ether oxygens (including phenoxy) is 1. The molecule has 1 aromatic rings. The highest BCUT2D eigenvalue weighted by Crippen LogP contribution is 2.27. The number of carbonyl (C=O) groups is 1. The van der Waals surface area contributed by atoms with E-state index in [-0.39, 0.29) is 5.91 Å². The smallest absolute Gasteiger partial charge is 0.230 e. The number of hydrogen-bond acceptors (Lipinski definition) is 7. The van der Waals surface area contributed by atoms with E-state index in [1.54, 1.807) is 0 Å². The summed E-state index contributed by atoms with van der Waals surface area (Å²) >= 11 is 0. The molecule has 1 amide bonds. The molecule has 1 aromatic heterocycles. The first-order chi connectivity index (χ1) is 14.3. The van der Waals surface area contributed by atoms with Gasteiger partial charge in [-0.15, -0.1) is 0 Å². The van der Waals surface area contributed by atoms with E-state index in [0.29, 0.717) is 38.0 Å². The van der Waals surface area contributed by atoms with Gasteiger partial charge in [0.15, 0.2) is 5.82 Å². The minimum Gasteiger partial charge on any atom is -0.378 e. The van der Waals surface area contributed by atoms with Crippen molar-refractivity contribution in [3.8, 4) is 0 Å². The third-order valence-electron chi connectivity index (χ3n) is 6.29. The first-order valence-electron chi connectivity index (χ1n) is 11.4. The Morgan fingerprint density at radius 2 is 1.55 bits per heavy atom. The fourth-order valence-electron chi connectivity index (χ4n) is 4.51. The molecule has 8 nitrogen and oxygen atoms in total. The molecule has 0 unspecified atom stereocenters. The van der Waals surface area contributed by atoms with Crippen molar-refractivity contribution in [2.45, 2.75) is 64.3 Å². The zero-order valence-corrected chi connectivity index (χ0v) is 17.4. The summed E-state index contributed by atoms with van der Waals surface area (Å²) in [7, 11) is 0. The van der Waals surface area contributed by atoms with Crippen molar-refractivity contribution in [2.24, 2.45) is 5.92 Å². The molecule has 2 saturated heterocycles. The second-order valence-corrected chi connectivity index (χ2v) is 8.46. The maximum atomic E-state index is 12.4. The zero-order chi connectivity index (χ0) is 19.9. The molecule has 8 heteroatoms. The Bertz CT molecular complexity index is 667. The van der Waals surface area contributed by atoms with Crippen LogP contribution >= 0.6 is 0 Å². The third kappa shape index (κ3) is 5.78. The molecule has 3 aliphatic rings. The Kier molecular flexibility index (Phi) is 7.14. The van der Waals surface area contributed by atoms with Crippen LogP contribution in [0.3, 0.4) is 0 Å². The summed E-state index contributed by atoms with van der Waals surface area (Å²) in [5.74, 6) is 2.92. The van der Waals surface area contributed by atoms with Crippen molar-refractivity contribution in [3.63, 3.8) is 0 Å². The second kappa shape index (κ2) is 10.2. The van der Waals surface area contributed by atoms with Crippen LogP contribution in [0, 0.1) is 5.92 Å². The molecule has 1 N–H and O–H groups in total. The number of carbonyl (C=O) groups excluding carboxylic acids is 1. The Labute approximate surface area is 173 Å².